The second-order valence-corrected chi connectivity index (χ2v) is 5.24. The lowest BCUT2D eigenvalue weighted by Gasteiger charge is -2.24. The number of hydrogen-bond acceptors (Lipinski definition) is 3. The minimum Gasteiger partial charge on any atom is -0.467 e. The van der Waals surface area contributed by atoms with E-state index in [9.17, 15) is 0 Å². The third kappa shape index (κ3) is 4.34. The number of para-hydroxylation sites is 1. The van der Waals surface area contributed by atoms with Crippen molar-refractivity contribution in [2.24, 2.45) is 0 Å². The van der Waals surface area contributed by atoms with Crippen LogP contribution in [0, 0.1) is 11.3 Å². The van der Waals surface area contributed by atoms with Crippen molar-refractivity contribution in [2.75, 3.05) is 11.9 Å². The van der Waals surface area contributed by atoms with E-state index in [0.29, 0.717) is 24.6 Å². The number of furan rings is 1. The predicted octanol–water partition coefficient (Wildman–Crippen LogP) is 3.95. The number of rotatable bonds is 6. The fourth-order valence-electron chi connectivity index (χ4n) is 2.17. The van der Waals surface area contributed by atoms with Gasteiger partial charge < -0.3 is 14.6 Å². The zero-order chi connectivity index (χ0) is 15.8. The average Bonchev–Trinajstić information content (AvgIpc) is 3.05. The molecule has 1 aromatic heterocycles. The van der Waals surface area contributed by atoms with Crippen molar-refractivity contribution in [1.82, 2.24) is 4.90 Å². The molecule has 5 heteroatoms. The van der Waals surface area contributed by atoms with E-state index in [1.54, 1.807) is 6.26 Å². The Kier molecular flexibility index (Phi) is 5.99. The smallest absolute Gasteiger partial charge is 0.173 e. The highest BCUT2D eigenvalue weighted by molar-refractivity contribution is 7.80. The first-order chi connectivity index (χ1) is 10.7. The van der Waals surface area contributed by atoms with Gasteiger partial charge in [0.25, 0.3) is 0 Å². The molecule has 0 fully saturated rings. The number of nitriles is 1. The Labute approximate surface area is 136 Å². The molecule has 2 rings (SSSR count). The van der Waals surface area contributed by atoms with Crippen LogP contribution in [0.2, 0.25) is 0 Å². The Hall–Kier alpha value is -2.32. The van der Waals surface area contributed by atoms with Crippen molar-refractivity contribution in [1.29, 1.82) is 5.26 Å². The van der Waals surface area contributed by atoms with Crippen molar-refractivity contribution >= 4 is 23.0 Å². The molecule has 0 aliphatic carbocycles. The van der Waals surface area contributed by atoms with Gasteiger partial charge >= 0.3 is 0 Å². The van der Waals surface area contributed by atoms with E-state index in [0.717, 1.165) is 17.9 Å². The van der Waals surface area contributed by atoms with Crippen molar-refractivity contribution in [3.63, 3.8) is 0 Å². The molecule has 22 heavy (non-hydrogen) atoms. The first-order valence-electron chi connectivity index (χ1n) is 7.27. The van der Waals surface area contributed by atoms with E-state index in [2.05, 4.69) is 24.4 Å². The molecule has 0 bridgehead atoms. The molecule has 114 valence electrons. The van der Waals surface area contributed by atoms with Gasteiger partial charge in [0, 0.05) is 12.2 Å². The van der Waals surface area contributed by atoms with Crippen LogP contribution in [-0.4, -0.2) is 16.6 Å². The highest BCUT2D eigenvalue weighted by atomic mass is 32.1. The van der Waals surface area contributed by atoms with E-state index in [-0.39, 0.29) is 0 Å². The molecule has 0 spiro atoms. The van der Waals surface area contributed by atoms with Gasteiger partial charge in [0.1, 0.15) is 5.76 Å². The minimum atomic E-state index is 0.415. The van der Waals surface area contributed by atoms with Gasteiger partial charge in [-0.05, 0) is 42.4 Å². The van der Waals surface area contributed by atoms with Crippen LogP contribution in [0.4, 0.5) is 5.69 Å². The molecular weight excluding hydrogens is 294 g/mol. The number of benzene rings is 1. The van der Waals surface area contributed by atoms with Crippen LogP contribution in [0.1, 0.15) is 24.7 Å². The molecule has 0 atom stereocenters. The van der Waals surface area contributed by atoms with E-state index >= 15 is 0 Å². The number of hydrogen-bond donors (Lipinski definition) is 1. The molecule has 0 unspecified atom stereocenters. The molecule has 2 aromatic rings. The summed E-state index contributed by atoms with van der Waals surface area (Å²) >= 11 is 5.52. The number of thiocarbonyl (C=S) groups is 1. The summed E-state index contributed by atoms with van der Waals surface area (Å²) in [4.78, 5) is 1.95. The lowest BCUT2D eigenvalue weighted by molar-refractivity contribution is 0.371. The quantitative estimate of drug-likeness (QED) is 0.818. The van der Waals surface area contributed by atoms with E-state index < -0.39 is 0 Å². The Balaban J connectivity index is 2.09. The van der Waals surface area contributed by atoms with Gasteiger partial charge in [0.15, 0.2) is 5.11 Å². The molecule has 0 aliphatic rings. The molecule has 0 aliphatic heterocycles. The summed E-state index contributed by atoms with van der Waals surface area (Å²) < 4.78 is 5.38. The molecule has 0 saturated carbocycles. The first kappa shape index (κ1) is 16.1. The van der Waals surface area contributed by atoms with Crippen molar-refractivity contribution in [2.45, 2.75) is 26.3 Å². The fraction of sp³-hybridized carbons (Fsp3) is 0.294. The fourth-order valence-corrected chi connectivity index (χ4v) is 2.44. The molecule has 1 N–H and O–H groups in total. The molecule has 1 aromatic carbocycles. The molecule has 1 heterocycles. The number of aryl methyl sites for hydroxylation is 1. The third-order valence-electron chi connectivity index (χ3n) is 3.35. The van der Waals surface area contributed by atoms with Gasteiger partial charge in [-0.2, -0.15) is 5.26 Å². The van der Waals surface area contributed by atoms with Crippen LogP contribution in [0.5, 0.6) is 0 Å². The summed E-state index contributed by atoms with van der Waals surface area (Å²) in [6.45, 7) is 3.23. The van der Waals surface area contributed by atoms with Crippen LogP contribution < -0.4 is 5.32 Å². The first-order valence-corrected chi connectivity index (χ1v) is 7.68. The second-order valence-electron chi connectivity index (χ2n) is 4.85. The van der Waals surface area contributed by atoms with Gasteiger partial charge in [0.05, 0.1) is 25.3 Å². The number of anilines is 1. The summed E-state index contributed by atoms with van der Waals surface area (Å²) in [5, 5.41) is 12.7. The molecule has 4 nitrogen and oxygen atoms in total. The van der Waals surface area contributed by atoms with Crippen molar-refractivity contribution in [3.8, 4) is 6.07 Å². The van der Waals surface area contributed by atoms with Gasteiger partial charge in [-0.1, -0.05) is 25.1 Å². The van der Waals surface area contributed by atoms with Crippen LogP contribution >= 0.6 is 12.2 Å². The lowest BCUT2D eigenvalue weighted by atomic mass is 10.1. The second kappa shape index (κ2) is 8.20. The average molecular weight is 313 g/mol. The standard InChI is InChI=1S/C17H19N3OS/c1-2-14-7-3-4-9-16(14)19-17(22)20(11-6-10-18)13-15-8-5-12-21-15/h3-5,7-9,12H,2,6,11,13H2,1H3,(H,19,22). The Morgan fingerprint density at radius 3 is 2.82 bits per heavy atom. The lowest BCUT2D eigenvalue weighted by Crippen LogP contribution is -2.35. The van der Waals surface area contributed by atoms with Crippen molar-refractivity contribution in [3.05, 3.63) is 54.0 Å². The van der Waals surface area contributed by atoms with E-state index in [1.165, 1.54) is 5.56 Å². The maximum Gasteiger partial charge on any atom is 0.173 e. The van der Waals surface area contributed by atoms with Gasteiger partial charge in [-0.3, -0.25) is 0 Å². The maximum absolute atomic E-state index is 8.83. The third-order valence-corrected chi connectivity index (χ3v) is 3.71. The molecule has 0 amide bonds. The zero-order valence-corrected chi connectivity index (χ0v) is 13.4. The zero-order valence-electron chi connectivity index (χ0n) is 12.6. The largest absolute Gasteiger partial charge is 0.467 e. The van der Waals surface area contributed by atoms with Crippen LogP contribution in [0.25, 0.3) is 0 Å². The number of nitrogens with zero attached hydrogens (tertiary/aromatic N) is 2. The highest BCUT2D eigenvalue weighted by Crippen LogP contribution is 2.17. The van der Waals surface area contributed by atoms with E-state index in [4.69, 9.17) is 21.9 Å². The van der Waals surface area contributed by atoms with Crippen molar-refractivity contribution < 1.29 is 4.42 Å². The Morgan fingerprint density at radius 2 is 2.14 bits per heavy atom. The summed E-state index contributed by atoms with van der Waals surface area (Å²) in [5.74, 6) is 0.825. The number of nitrogens with one attached hydrogen (secondary N) is 1. The normalized spacial score (nSPS) is 10.0. The van der Waals surface area contributed by atoms with E-state index in [1.807, 2.05) is 35.2 Å². The maximum atomic E-state index is 8.83. The Morgan fingerprint density at radius 1 is 1.32 bits per heavy atom. The summed E-state index contributed by atoms with van der Waals surface area (Å²) in [7, 11) is 0. The van der Waals surface area contributed by atoms with Crippen LogP contribution in [0.3, 0.4) is 0 Å². The summed E-state index contributed by atoms with van der Waals surface area (Å²) in [5.41, 5.74) is 2.22. The highest BCUT2D eigenvalue weighted by Gasteiger charge is 2.13. The summed E-state index contributed by atoms with van der Waals surface area (Å²) in [6, 6.07) is 14.0. The van der Waals surface area contributed by atoms with Crippen LogP contribution in [-0.2, 0) is 13.0 Å². The minimum absolute atomic E-state index is 0.415. The SMILES string of the molecule is CCc1ccccc1NC(=S)N(CCC#N)Cc1ccco1. The van der Waals surface area contributed by atoms with Crippen LogP contribution in [0.15, 0.2) is 47.1 Å². The topological polar surface area (TPSA) is 52.2 Å². The summed E-state index contributed by atoms with van der Waals surface area (Å²) in [6.07, 6.45) is 2.99. The molecule has 0 radical (unpaired) electrons. The van der Waals surface area contributed by atoms with Gasteiger partial charge in [0.2, 0.25) is 0 Å². The molecular formula is C17H19N3OS. The van der Waals surface area contributed by atoms with Gasteiger partial charge in [-0.25, -0.2) is 0 Å². The van der Waals surface area contributed by atoms with Gasteiger partial charge in [-0.15, -0.1) is 0 Å². The predicted molar refractivity (Wildman–Crippen MR) is 91.4 cm³/mol. The monoisotopic (exact) mass is 313 g/mol. The Bertz CT molecular complexity index is 646. The molecule has 0 saturated heterocycles.